The number of hydrogen-bond donors (Lipinski definition) is 3. The molecule has 4 rings (SSSR count). The normalized spacial score (nSPS) is 18.5. The number of benzene rings is 2. The Morgan fingerprint density at radius 2 is 1.93 bits per heavy atom. The highest BCUT2D eigenvalue weighted by Gasteiger charge is 2.31. The minimum Gasteiger partial charge on any atom is -0.350 e. The maximum Gasteiger partial charge on any atom is 0.263 e. The molecule has 28 heavy (non-hydrogen) atoms. The summed E-state index contributed by atoms with van der Waals surface area (Å²) < 4.78 is 26.7. The van der Waals surface area contributed by atoms with E-state index in [9.17, 15) is 13.2 Å². The summed E-state index contributed by atoms with van der Waals surface area (Å²) in [7, 11) is -3.61. The second-order valence-corrected chi connectivity index (χ2v) is 8.33. The highest BCUT2D eigenvalue weighted by Crippen LogP contribution is 2.22. The quantitative estimate of drug-likeness (QED) is 0.697. The fourth-order valence-electron chi connectivity index (χ4n) is 3.28. The van der Waals surface area contributed by atoms with Crippen molar-refractivity contribution in [2.45, 2.75) is 37.5 Å². The number of rotatable bonds is 4. The second kappa shape index (κ2) is 7.90. The maximum absolute atomic E-state index is 12.4. The molecule has 2 aromatic carbocycles. The third-order valence-electron chi connectivity index (χ3n) is 4.73. The summed E-state index contributed by atoms with van der Waals surface area (Å²) in [6.45, 7) is 3.78. The lowest BCUT2D eigenvalue weighted by molar-refractivity contribution is -0.122. The summed E-state index contributed by atoms with van der Waals surface area (Å²) in [6, 6.07) is 12.0. The molecule has 7 nitrogen and oxygen atoms in total. The van der Waals surface area contributed by atoms with E-state index in [2.05, 4.69) is 32.5 Å². The van der Waals surface area contributed by atoms with Gasteiger partial charge < -0.3 is 10.6 Å². The van der Waals surface area contributed by atoms with E-state index >= 15 is 0 Å². The third kappa shape index (κ3) is 3.89. The van der Waals surface area contributed by atoms with Gasteiger partial charge in [0, 0.05) is 25.2 Å². The van der Waals surface area contributed by atoms with Crippen molar-refractivity contribution in [3.05, 3.63) is 64.7 Å². The van der Waals surface area contributed by atoms with Gasteiger partial charge in [0.05, 0.1) is 4.90 Å². The minimum atomic E-state index is -3.61. The van der Waals surface area contributed by atoms with Crippen LogP contribution >= 0.6 is 12.4 Å². The van der Waals surface area contributed by atoms with Crippen LogP contribution in [0.2, 0.25) is 0 Å². The second-order valence-electron chi connectivity index (χ2n) is 6.68. The highest BCUT2D eigenvalue weighted by atomic mass is 35.5. The van der Waals surface area contributed by atoms with Gasteiger partial charge in [-0.05, 0) is 35.7 Å². The Labute approximate surface area is 170 Å². The van der Waals surface area contributed by atoms with E-state index in [1.807, 2.05) is 6.07 Å². The Morgan fingerprint density at radius 3 is 2.75 bits per heavy atom. The fourth-order valence-corrected chi connectivity index (χ4v) is 4.52. The van der Waals surface area contributed by atoms with Crippen LogP contribution in [0.25, 0.3) is 0 Å². The number of fused-ring (bicyclic) bond motifs is 2. The van der Waals surface area contributed by atoms with E-state index < -0.39 is 16.1 Å². The molecule has 0 bridgehead atoms. The van der Waals surface area contributed by atoms with E-state index in [4.69, 9.17) is 0 Å². The zero-order valence-electron chi connectivity index (χ0n) is 15.2. The van der Waals surface area contributed by atoms with Gasteiger partial charge in [-0.2, -0.15) is 0 Å². The molecule has 0 radical (unpaired) electrons. The minimum absolute atomic E-state index is 0. The molecule has 9 heteroatoms. The van der Waals surface area contributed by atoms with E-state index in [-0.39, 0.29) is 29.0 Å². The molecule has 0 spiro atoms. The molecule has 0 aliphatic carbocycles. The zero-order chi connectivity index (χ0) is 19.0. The summed E-state index contributed by atoms with van der Waals surface area (Å²) in [5.41, 5.74) is 4.06. The van der Waals surface area contributed by atoms with E-state index in [0.29, 0.717) is 12.1 Å². The molecule has 1 unspecified atom stereocenters. The van der Waals surface area contributed by atoms with E-state index in [1.165, 1.54) is 17.2 Å². The highest BCUT2D eigenvalue weighted by molar-refractivity contribution is 7.90. The molecule has 0 fully saturated rings. The molecule has 0 saturated carbocycles. The molecule has 1 atom stereocenters. The number of nitrogens with one attached hydrogen (secondary N) is 3. The van der Waals surface area contributed by atoms with Crippen molar-refractivity contribution in [3.63, 3.8) is 0 Å². The number of amides is 1. The van der Waals surface area contributed by atoms with Crippen molar-refractivity contribution in [2.75, 3.05) is 0 Å². The molecule has 2 aromatic rings. The standard InChI is InChI=1S/C19H20N4O3S.ClH/c1-12(22-18-16-4-2-3-5-17(16)27(25,26)23-18)19(24)21-9-13-6-7-14-10-20-11-15(14)8-13;/h2-8,12,20H,9-11H2,1H3,(H,21,24)(H,22,23);1H. The number of halogens is 1. The first-order valence-electron chi connectivity index (χ1n) is 8.73. The summed E-state index contributed by atoms with van der Waals surface area (Å²) in [4.78, 5) is 16.9. The number of carbonyl (C=O) groups is 1. The average molecular weight is 421 g/mol. The van der Waals surface area contributed by atoms with Crippen LogP contribution in [-0.2, 0) is 34.5 Å². The molecule has 3 N–H and O–H groups in total. The number of amidine groups is 1. The Hall–Kier alpha value is -2.42. The lowest BCUT2D eigenvalue weighted by Gasteiger charge is -2.10. The van der Waals surface area contributed by atoms with Crippen molar-refractivity contribution in [2.24, 2.45) is 4.99 Å². The van der Waals surface area contributed by atoms with Gasteiger partial charge in [0.1, 0.15) is 11.9 Å². The van der Waals surface area contributed by atoms with Gasteiger partial charge in [-0.25, -0.2) is 8.42 Å². The van der Waals surface area contributed by atoms with Gasteiger partial charge in [-0.15, -0.1) is 12.4 Å². The molecule has 2 aliphatic heterocycles. The van der Waals surface area contributed by atoms with Crippen LogP contribution in [0, 0.1) is 0 Å². The van der Waals surface area contributed by atoms with Gasteiger partial charge >= 0.3 is 0 Å². The maximum atomic E-state index is 12.4. The number of sulfonamides is 1. The zero-order valence-corrected chi connectivity index (χ0v) is 16.9. The number of aliphatic imine (C=N–C) groups is 1. The fraction of sp³-hybridized carbons (Fsp3) is 0.263. The third-order valence-corrected chi connectivity index (χ3v) is 6.13. The van der Waals surface area contributed by atoms with Gasteiger partial charge in [-0.3, -0.25) is 14.5 Å². The van der Waals surface area contributed by atoms with Crippen LogP contribution in [0.1, 0.15) is 29.2 Å². The summed E-state index contributed by atoms with van der Waals surface area (Å²) >= 11 is 0. The van der Waals surface area contributed by atoms with Crippen LogP contribution in [0.5, 0.6) is 0 Å². The predicted octanol–water partition coefficient (Wildman–Crippen LogP) is 1.45. The van der Waals surface area contributed by atoms with Gasteiger partial charge in [-0.1, -0.05) is 30.3 Å². The van der Waals surface area contributed by atoms with Crippen LogP contribution in [-0.4, -0.2) is 26.2 Å². The topological polar surface area (TPSA) is 99.7 Å². The SMILES string of the molecule is CC(N=C1NS(=O)(=O)c2ccccc21)C(=O)NCc1ccc2c(c1)CNC2.Cl. The smallest absolute Gasteiger partial charge is 0.263 e. The summed E-state index contributed by atoms with van der Waals surface area (Å²) in [6.07, 6.45) is 0. The van der Waals surface area contributed by atoms with Crippen molar-refractivity contribution >= 4 is 34.2 Å². The first-order valence-corrected chi connectivity index (χ1v) is 10.2. The molecule has 1 amide bonds. The Bertz CT molecular complexity index is 1050. The average Bonchev–Trinajstić information content (AvgIpc) is 3.22. The number of carbonyl (C=O) groups excluding carboxylic acids is 1. The van der Waals surface area contributed by atoms with Crippen LogP contribution < -0.4 is 15.4 Å². The van der Waals surface area contributed by atoms with Crippen molar-refractivity contribution in [1.82, 2.24) is 15.4 Å². The lowest BCUT2D eigenvalue weighted by atomic mass is 10.1. The van der Waals surface area contributed by atoms with Crippen molar-refractivity contribution < 1.29 is 13.2 Å². The molecule has 0 saturated heterocycles. The van der Waals surface area contributed by atoms with Crippen LogP contribution in [0.4, 0.5) is 0 Å². The largest absolute Gasteiger partial charge is 0.350 e. The first kappa shape index (κ1) is 20.3. The monoisotopic (exact) mass is 420 g/mol. The van der Waals surface area contributed by atoms with E-state index in [1.54, 1.807) is 25.1 Å². The molecule has 2 heterocycles. The summed E-state index contributed by atoms with van der Waals surface area (Å²) in [5.74, 6) is -0.0541. The Morgan fingerprint density at radius 1 is 1.18 bits per heavy atom. The molecule has 0 aromatic heterocycles. The predicted molar refractivity (Wildman–Crippen MR) is 109 cm³/mol. The molecule has 2 aliphatic rings. The molecular formula is C19H21ClN4O3S. The van der Waals surface area contributed by atoms with Crippen LogP contribution in [0.3, 0.4) is 0 Å². The van der Waals surface area contributed by atoms with Gasteiger partial charge in [0.2, 0.25) is 5.91 Å². The van der Waals surface area contributed by atoms with Gasteiger partial charge in [0.25, 0.3) is 10.0 Å². The summed E-state index contributed by atoms with van der Waals surface area (Å²) in [5, 5.41) is 6.16. The first-order chi connectivity index (χ1) is 12.9. The van der Waals surface area contributed by atoms with E-state index in [0.717, 1.165) is 18.7 Å². The number of hydrogen-bond acceptors (Lipinski definition) is 5. The van der Waals surface area contributed by atoms with Crippen molar-refractivity contribution in [1.29, 1.82) is 0 Å². The van der Waals surface area contributed by atoms with Crippen molar-refractivity contribution in [3.8, 4) is 0 Å². The Balaban J connectivity index is 0.00000225. The van der Waals surface area contributed by atoms with Gasteiger partial charge in [0.15, 0.2) is 0 Å². The van der Waals surface area contributed by atoms with Crippen LogP contribution in [0.15, 0.2) is 52.4 Å². The number of nitrogens with zero attached hydrogens (tertiary/aromatic N) is 1. The lowest BCUT2D eigenvalue weighted by Crippen LogP contribution is -2.33. The molecular weight excluding hydrogens is 400 g/mol. The molecule has 148 valence electrons. The Kier molecular flexibility index (Phi) is 5.74.